The van der Waals surface area contributed by atoms with E-state index >= 15 is 0 Å². The van der Waals surface area contributed by atoms with Gasteiger partial charge in [0.05, 0.1) is 18.3 Å². The molecule has 3 aromatic rings. The number of rotatable bonds is 2. The summed E-state index contributed by atoms with van der Waals surface area (Å²) in [5, 5.41) is 10.8. The van der Waals surface area contributed by atoms with Gasteiger partial charge >= 0.3 is 6.18 Å². The quantitative estimate of drug-likeness (QED) is 0.756. The van der Waals surface area contributed by atoms with Gasteiger partial charge < -0.3 is 5.32 Å². The summed E-state index contributed by atoms with van der Waals surface area (Å²) in [4.78, 5) is 12.7. The lowest BCUT2D eigenvalue weighted by molar-refractivity contribution is -0.137. The number of hydrogen-bond donors (Lipinski definition) is 2. The number of hydrogen-bond acceptors (Lipinski definition) is 3. The summed E-state index contributed by atoms with van der Waals surface area (Å²) in [7, 11) is 0. The van der Waals surface area contributed by atoms with Crippen molar-refractivity contribution in [1.82, 2.24) is 20.1 Å². The Hall–Kier alpha value is -2.61. The summed E-state index contributed by atoms with van der Waals surface area (Å²) in [5.74, 6) is 0. The summed E-state index contributed by atoms with van der Waals surface area (Å²) in [6.45, 7) is 1.28. The van der Waals surface area contributed by atoms with Crippen LogP contribution in [0.15, 0.2) is 35.3 Å². The van der Waals surface area contributed by atoms with Crippen LogP contribution >= 0.6 is 0 Å². The lowest BCUT2D eigenvalue weighted by atomic mass is 10.1. The van der Waals surface area contributed by atoms with Crippen molar-refractivity contribution < 1.29 is 13.2 Å². The van der Waals surface area contributed by atoms with E-state index in [0.29, 0.717) is 29.9 Å². The second kappa shape index (κ2) is 5.20. The maximum absolute atomic E-state index is 12.7. The van der Waals surface area contributed by atoms with Gasteiger partial charge in [-0.25, -0.2) is 0 Å². The molecule has 0 aliphatic carbocycles. The maximum atomic E-state index is 12.7. The standard InChI is InChI=1S/C16H13F3N4O/c17-16(18,19)10-3-1-9(2-4-10)8-23-14-12(7-21-22-14)11-5-20-6-13(11)15(23)24/h1-4,7,20H,5-6,8H2,(H,21,22). The number of halogens is 3. The van der Waals surface area contributed by atoms with E-state index in [1.807, 2.05) is 0 Å². The average Bonchev–Trinajstić information content (AvgIpc) is 3.19. The van der Waals surface area contributed by atoms with Crippen LogP contribution < -0.4 is 10.9 Å². The first-order valence-corrected chi connectivity index (χ1v) is 7.39. The fraction of sp³-hybridized carbons (Fsp3) is 0.250. The van der Waals surface area contributed by atoms with Crippen LogP contribution in [-0.4, -0.2) is 14.8 Å². The molecule has 8 heteroatoms. The van der Waals surface area contributed by atoms with Crippen LogP contribution in [-0.2, 0) is 25.8 Å². The van der Waals surface area contributed by atoms with Crippen LogP contribution in [0.1, 0.15) is 22.3 Å². The zero-order valence-electron chi connectivity index (χ0n) is 12.4. The number of alkyl halides is 3. The van der Waals surface area contributed by atoms with Gasteiger partial charge in [0.2, 0.25) is 0 Å². The summed E-state index contributed by atoms with van der Waals surface area (Å²) < 4.78 is 39.5. The van der Waals surface area contributed by atoms with Gasteiger partial charge in [0.1, 0.15) is 5.65 Å². The zero-order valence-corrected chi connectivity index (χ0v) is 12.4. The van der Waals surface area contributed by atoms with Crippen LogP contribution in [0.25, 0.3) is 11.0 Å². The summed E-state index contributed by atoms with van der Waals surface area (Å²) in [6, 6.07) is 4.84. The smallest absolute Gasteiger partial charge is 0.308 e. The molecule has 0 spiro atoms. The van der Waals surface area contributed by atoms with E-state index in [-0.39, 0.29) is 12.1 Å². The molecule has 1 aliphatic heterocycles. The first-order chi connectivity index (χ1) is 11.4. The Bertz CT molecular complexity index is 970. The van der Waals surface area contributed by atoms with E-state index in [2.05, 4.69) is 15.5 Å². The van der Waals surface area contributed by atoms with Gasteiger partial charge in [0, 0.05) is 24.0 Å². The molecule has 4 rings (SSSR count). The molecule has 0 radical (unpaired) electrons. The molecule has 24 heavy (non-hydrogen) atoms. The predicted molar refractivity (Wildman–Crippen MR) is 81.4 cm³/mol. The number of fused-ring (bicyclic) bond motifs is 3. The highest BCUT2D eigenvalue weighted by Crippen LogP contribution is 2.29. The summed E-state index contributed by atoms with van der Waals surface area (Å²) >= 11 is 0. The minimum atomic E-state index is -4.37. The van der Waals surface area contributed by atoms with Crippen LogP contribution in [0, 0.1) is 0 Å². The number of aromatic amines is 1. The molecule has 0 atom stereocenters. The van der Waals surface area contributed by atoms with Gasteiger partial charge in [-0.1, -0.05) is 12.1 Å². The van der Waals surface area contributed by atoms with Crippen LogP contribution in [0.4, 0.5) is 13.2 Å². The van der Waals surface area contributed by atoms with Crippen molar-refractivity contribution >= 4 is 11.0 Å². The average molecular weight is 334 g/mol. The third-order valence-electron chi connectivity index (χ3n) is 4.31. The van der Waals surface area contributed by atoms with Gasteiger partial charge in [-0.3, -0.25) is 14.5 Å². The molecular formula is C16H13F3N4O. The van der Waals surface area contributed by atoms with E-state index in [0.717, 1.165) is 23.1 Å². The number of H-pyrrole nitrogens is 1. The summed E-state index contributed by atoms with van der Waals surface area (Å²) in [6.07, 6.45) is -2.70. The number of pyridine rings is 1. The third kappa shape index (κ3) is 2.30. The Morgan fingerprint density at radius 2 is 1.83 bits per heavy atom. The number of nitrogens with one attached hydrogen (secondary N) is 2. The molecule has 2 N–H and O–H groups in total. The van der Waals surface area contributed by atoms with Gasteiger partial charge in [-0.2, -0.15) is 18.3 Å². The van der Waals surface area contributed by atoms with Crippen molar-refractivity contribution in [1.29, 1.82) is 0 Å². The van der Waals surface area contributed by atoms with Crippen molar-refractivity contribution in [3.05, 3.63) is 63.1 Å². The fourth-order valence-corrected chi connectivity index (χ4v) is 3.09. The number of nitrogens with zero attached hydrogens (tertiary/aromatic N) is 2. The highest BCUT2D eigenvalue weighted by Gasteiger charge is 2.30. The molecule has 0 saturated heterocycles. The molecule has 0 unspecified atom stereocenters. The Morgan fingerprint density at radius 1 is 1.12 bits per heavy atom. The summed E-state index contributed by atoms with van der Waals surface area (Å²) in [5.41, 5.74) is 1.98. The van der Waals surface area contributed by atoms with E-state index in [1.165, 1.54) is 16.7 Å². The van der Waals surface area contributed by atoms with Gasteiger partial charge in [-0.05, 0) is 23.3 Å². The van der Waals surface area contributed by atoms with Crippen LogP contribution in [0.3, 0.4) is 0 Å². The van der Waals surface area contributed by atoms with Gasteiger partial charge in [0.15, 0.2) is 0 Å². The lowest BCUT2D eigenvalue weighted by Gasteiger charge is -2.12. The van der Waals surface area contributed by atoms with Crippen molar-refractivity contribution in [3.63, 3.8) is 0 Å². The molecule has 5 nitrogen and oxygen atoms in total. The highest BCUT2D eigenvalue weighted by atomic mass is 19.4. The van der Waals surface area contributed by atoms with Crippen molar-refractivity contribution in [2.24, 2.45) is 0 Å². The van der Waals surface area contributed by atoms with Crippen molar-refractivity contribution in [3.8, 4) is 0 Å². The molecule has 0 saturated carbocycles. The molecular weight excluding hydrogens is 321 g/mol. The molecule has 0 fully saturated rings. The van der Waals surface area contributed by atoms with Gasteiger partial charge in [-0.15, -0.1) is 0 Å². The minimum absolute atomic E-state index is 0.147. The maximum Gasteiger partial charge on any atom is 0.416 e. The molecule has 2 aromatic heterocycles. The third-order valence-corrected chi connectivity index (χ3v) is 4.31. The van der Waals surface area contributed by atoms with Crippen LogP contribution in [0.2, 0.25) is 0 Å². The topological polar surface area (TPSA) is 62.7 Å². The molecule has 1 aromatic carbocycles. The molecule has 1 aliphatic rings. The zero-order chi connectivity index (χ0) is 16.9. The highest BCUT2D eigenvalue weighted by molar-refractivity contribution is 5.80. The second-order valence-corrected chi connectivity index (χ2v) is 5.78. The van der Waals surface area contributed by atoms with Crippen molar-refractivity contribution in [2.45, 2.75) is 25.8 Å². The Labute approximate surface area is 134 Å². The van der Waals surface area contributed by atoms with Crippen LogP contribution in [0.5, 0.6) is 0 Å². The first kappa shape index (κ1) is 14.9. The Morgan fingerprint density at radius 3 is 2.54 bits per heavy atom. The Kier molecular flexibility index (Phi) is 3.24. The first-order valence-electron chi connectivity index (χ1n) is 7.39. The fourth-order valence-electron chi connectivity index (χ4n) is 3.09. The number of benzene rings is 1. The molecule has 0 amide bonds. The number of aromatic nitrogens is 3. The monoisotopic (exact) mass is 334 g/mol. The predicted octanol–water partition coefficient (Wildman–Crippen LogP) is 2.39. The minimum Gasteiger partial charge on any atom is -0.308 e. The molecule has 3 heterocycles. The SMILES string of the molecule is O=c1c2c(c3cn[nH]c3n1Cc1ccc(C(F)(F)F)cc1)CNC2. The second-order valence-electron chi connectivity index (χ2n) is 5.78. The van der Waals surface area contributed by atoms with E-state index < -0.39 is 11.7 Å². The lowest BCUT2D eigenvalue weighted by Crippen LogP contribution is -2.25. The van der Waals surface area contributed by atoms with E-state index in [4.69, 9.17) is 0 Å². The van der Waals surface area contributed by atoms with Gasteiger partial charge in [0.25, 0.3) is 5.56 Å². The normalized spacial score (nSPS) is 14.3. The largest absolute Gasteiger partial charge is 0.416 e. The van der Waals surface area contributed by atoms with E-state index in [1.54, 1.807) is 6.20 Å². The van der Waals surface area contributed by atoms with Crippen molar-refractivity contribution in [2.75, 3.05) is 0 Å². The molecule has 0 bridgehead atoms. The Balaban J connectivity index is 1.78. The van der Waals surface area contributed by atoms with E-state index in [9.17, 15) is 18.0 Å². The molecule has 124 valence electrons.